The maximum Gasteiger partial charge on any atom is 0.262 e. The minimum absolute atomic E-state index is 0.105. The van der Waals surface area contributed by atoms with Crippen LogP contribution in [0.15, 0.2) is 47.4 Å². The number of aryl methyl sites for hydroxylation is 1. The molecule has 160 valence electrons. The largest absolute Gasteiger partial charge is 0.484 e. The molecule has 0 unspecified atom stereocenters. The van der Waals surface area contributed by atoms with E-state index in [0.29, 0.717) is 43.3 Å². The number of carbonyl (C=O) groups excluding carboxylic acids is 2. The van der Waals surface area contributed by atoms with Crippen LogP contribution in [0.1, 0.15) is 15.9 Å². The van der Waals surface area contributed by atoms with Gasteiger partial charge in [-0.2, -0.15) is 4.31 Å². The molecule has 1 heterocycles. The average molecular weight is 433 g/mol. The zero-order chi connectivity index (χ0) is 21.7. The molecule has 0 radical (unpaired) electrons. The molecule has 1 saturated heterocycles. The standard InChI is InChI=1S/C20H23N3O6S/c1-14-2-7-17(30(26,27)23-8-10-28-11-9-23)12-18(14)22-19(24)13-29-16-5-3-15(4-6-16)20(21)25/h2-7,12H,8-11,13H2,1H3,(H2,21,25)(H,22,24). The van der Waals surface area contributed by atoms with Crippen molar-refractivity contribution in [2.75, 3.05) is 38.2 Å². The van der Waals surface area contributed by atoms with Crippen molar-refractivity contribution in [2.24, 2.45) is 5.73 Å². The van der Waals surface area contributed by atoms with Gasteiger partial charge in [0.25, 0.3) is 5.91 Å². The third-order valence-corrected chi connectivity index (χ3v) is 6.49. The molecule has 0 atom stereocenters. The number of amides is 2. The molecule has 0 aliphatic carbocycles. The predicted molar refractivity (Wildman–Crippen MR) is 110 cm³/mol. The van der Waals surface area contributed by atoms with Gasteiger partial charge in [-0.25, -0.2) is 8.42 Å². The number of ether oxygens (including phenoxy) is 2. The number of hydrogen-bond acceptors (Lipinski definition) is 6. The van der Waals surface area contributed by atoms with Gasteiger partial charge in [-0.05, 0) is 48.9 Å². The highest BCUT2D eigenvalue weighted by Crippen LogP contribution is 2.23. The Morgan fingerprint density at radius 1 is 1.13 bits per heavy atom. The summed E-state index contributed by atoms with van der Waals surface area (Å²) in [6, 6.07) is 10.7. The van der Waals surface area contributed by atoms with Gasteiger partial charge in [-0.3, -0.25) is 9.59 Å². The maximum absolute atomic E-state index is 12.8. The van der Waals surface area contributed by atoms with E-state index in [-0.39, 0.29) is 11.5 Å². The molecule has 9 nitrogen and oxygen atoms in total. The van der Waals surface area contributed by atoms with Gasteiger partial charge in [0.05, 0.1) is 18.1 Å². The summed E-state index contributed by atoms with van der Waals surface area (Å²) >= 11 is 0. The number of nitrogens with two attached hydrogens (primary N) is 1. The second-order valence-corrected chi connectivity index (χ2v) is 8.66. The number of rotatable bonds is 7. The summed E-state index contributed by atoms with van der Waals surface area (Å²) in [4.78, 5) is 23.5. The van der Waals surface area contributed by atoms with Gasteiger partial charge < -0.3 is 20.5 Å². The van der Waals surface area contributed by atoms with Gasteiger partial charge >= 0.3 is 0 Å². The maximum atomic E-state index is 12.8. The zero-order valence-corrected chi connectivity index (χ0v) is 17.3. The van der Waals surface area contributed by atoms with Crippen molar-refractivity contribution < 1.29 is 27.5 Å². The van der Waals surface area contributed by atoms with Crippen LogP contribution in [0, 0.1) is 6.92 Å². The van der Waals surface area contributed by atoms with Crippen molar-refractivity contribution in [3.63, 3.8) is 0 Å². The van der Waals surface area contributed by atoms with E-state index in [2.05, 4.69) is 5.32 Å². The lowest BCUT2D eigenvalue weighted by Gasteiger charge is -2.26. The van der Waals surface area contributed by atoms with Crippen molar-refractivity contribution in [3.8, 4) is 5.75 Å². The van der Waals surface area contributed by atoms with Gasteiger partial charge in [-0.15, -0.1) is 0 Å². The SMILES string of the molecule is Cc1ccc(S(=O)(=O)N2CCOCC2)cc1NC(=O)COc1ccc(C(N)=O)cc1. The Labute approximate surface area is 174 Å². The minimum Gasteiger partial charge on any atom is -0.484 e. The van der Waals surface area contributed by atoms with Crippen molar-refractivity contribution >= 4 is 27.5 Å². The molecule has 0 spiro atoms. The molecule has 1 fully saturated rings. The second kappa shape index (κ2) is 9.24. The molecule has 0 saturated carbocycles. The van der Waals surface area contributed by atoms with E-state index in [4.69, 9.17) is 15.2 Å². The number of hydrogen-bond donors (Lipinski definition) is 2. The van der Waals surface area contributed by atoms with Crippen molar-refractivity contribution in [3.05, 3.63) is 53.6 Å². The first kappa shape index (κ1) is 21.8. The van der Waals surface area contributed by atoms with Crippen molar-refractivity contribution in [2.45, 2.75) is 11.8 Å². The third-order valence-electron chi connectivity index (χ3n) is 4.60. The molecule has 0 bridgehead atoms. The lowest BCUT2D eigenvalue weighted by atomic mass is 10.2. The number of anilines is 1. The Bertz CT molecular complexity index is 1030. The number of nitrogens with zero attached hydrogens (tertiary/aromatic N) is 1. The van der Waals surface area contributed by atoms with Crippen LogP contribution < -0.4 is 15.8 Å². The fourth-order valence-corrected chi connectivity index (χ4v) is 4.32. The van der Waals surface area contributed by atoms with E-state index < -0.39 is 21.8 Å². The average Bonchev–Trinajstić information content (AvgIpc) is 2.74. The third kappa shape index (κ3) is 5.15. The summed E-state index contributed by atoms with van der Waals surface area (Å²) in [5.74, 6) is -0.602. The normalized spacial score (nSPS) is 14.8. The van der Waals surface area contributed by atoms with Crippen LogP contribution in [0.5, 0.6) is 5.75 Å². The number of sulfonamides is 1. The molecule has 0 aromatic heterocycles. The molecule has 1 aliphatic heterocycles. The lowest BCUT2D eigenvalue weighted by molar-refractivity contribution is -0.118. The van der Waals surface area contributed by atoms with Gasteiger partial charge in [0, 0.05) is 24.3 Å². The summed E-state index contributed by atoms with van der Waals surface area (Å²) < 4.78 is 37.6. The van der Waals surface area contributed by atoms with Crippen LogP contribution in [0.3, 0.4) is 0 Å². The molecule has 30 heavy (non-hydrogen) atoms. The van der Waals surface area contributed by atoms with E-state index in [9.17, 15) is 18.0 Å². The molecule has 2 aromatic carbocycles. The summed E-state index contributed by atoms with van der Waals surface area (Å²) in [7, 11) is -3.67. The summed E-state index contributed by atoms with van der Waals surface area (Å²) in [6.07, 6.45) is 0. The Morgan fingerprint density at radius 3 is 2.43 bits per heavy atom. The number of morpholine rings is 1. The Balaban J connectivity index is 1.66. The zero-order valence-electron chi connectivity index (χ0n) is 16.5. The van der Waals surface area contributed by atoms with Crippen LogP contribution in [0.4, 0.5) is 5.69 Å². The Morgan fingerprint density at radius 2 is 1.80 bits per heavy atom. The summed E-state index contributed by atoms with van der Waals surface area (Å²) in [5, 5.41) is 2.68. The van der Waals surface area contributed by atoms with Crippen LogP contribution in [0.25, 0.3) is 0 Å². The first-order valence-electron chi connectivity index (χ1n) is 9.28. The highest BCUT2D eigenvalue weighted by Gasteiger charge is 2.26. The number of carbonyl (C=O) groups is 2. The van der Waals surface area contributed by atoms with Crippen LogP contribution in [-0.2, 0) is 19.6 Å². The molecule has 3 N–H and O–H groups in total. The Hall–Kier alpha value is -2.95. The lowest BCUT2D eigenvalue weighted by Crippen LogP contribution is -2.40. The highest BCUT2D eigenvalue weighted by molar-refractivity contribution is 7.89. The monoisotopic (exact) mass is 433 g/mol. The molecular weight excluding hydrogens is 410 g/mol. The van der Waals surface area contributed by atoms with Crippen molar-refractivity contribution in [1.82, 2.24) is 4.31 Å². The quantitative estimate of drug-likeness (QED) is 0.674. The second-order valence-electron chi connectivity index (χ2n) is 6.72. The van der Waals surface area contributed by atoms with Gasteiger partial charge in [-0.1, -0.05) is 6.07 Å². The fourth-order valence-electron chi connectivity index (χ4n) is 2.88. The summed E-state index contributed by atoms with van der Waals surface area (Å²) in [6.45, 7) is 2.78. The Kier molecular flexibility index (Phi) is 6.70. The van der Waals surface area contributed by atoms with E-state index in [1.807, 2.05) is 0 Å². The fraction of sp³-hybridized carbons (Fsp3) is 0.300. The number of benzene rings is 2. The molecule has 1 aliphatic rings. The first-order chi connectivity index (χ1) is 14.3. The van der Waals surface area contributed by atoms with E-state index in [0.717, 1.165) is 5.56 Å². The highest BCUT2D eigenvalue weighted by atomic mass is 32.2. The molecule has 2 aromatic rings. The molecule has 2 amide bonds. The van der Waals surface area contributed by atoms with Crippen LogP contribution in [-0.4, -0.2) is 57.4 Å². The number of primary amides is 1. The van der Waals surface area contributed by atoms with Crippen LogP contribution in [0.2, 0.25) is 0 Å². The molecule has 3 rings (SSSR count). The summed E-state index contributed by atoms with van der Waals surface area (Å²) in [5.41, 5.74) is 6.62. The van der Waals surface area contributed by atoms with E-state index in [1.165, 1.54) is 40.7 Å². The van der Waals surface area contributed by atoms with Gasteiger partial charge in [0.15, 0.2) is 6.61 Å². The topological polar surface area (TPSA) is 128 Å². The molecule has 10 heteroatoms. The van der Waals surface area contributed by atoms with Gasteiger partial charge in [0.2, 0.25) is 15.9 Å². The van der Waals surface area contributed by atoms with Gasteiger partial charge in [0.1, 0.15) is 5.75 Å². The minimum atomic E-state index is -3.67. The predicted octanol–water partition coefficient (Wildman–Crippen LogP) is 1.13. The number of nitrogens with one attached hydrogen (secondary N) is 1. The molecular formula is C20H23N3O6S. The van der Waals surface area contributed by atoms with Crippen LogP contribution >= 0.6 is 0 Å². The van der Waals surface area contributed by atoms with E-state index in [1.54, 1.807) is 13.0 Å². The first-order valence-corrected chi connectivity index (χ1v) is 10.7. The smallest absolute Gasteiger partial charge is 0.262 e. The van der Waals surface area contributed by atoms with Crippen molar-refractivity contribution in [1.29, 1.82) is 0 Å². The van der Waals surface area contributed by atoms with E-state index >= 15 is 0 Å².